The van der Waals surface area contributed by atoms with E-state index in [9.17, 15) is 0 Å². The number of nitrogens with one attached hydrogen (secondary N) is 1. The molecule has 0 aliphatic heterocycles. The van der Waals surface area contributed by atoms with Gasteiger partial charge in [0.05, 0.1) is 6.61 Å². The Morgan fingerprint density at radius 1 is 1.14 bits per heavy atom. The molecule has 3 heteroatoms. The van der Waals surface area contributed by atoms with Crippen LogP contribution < -0.4 is 10.1 Å². The van der Waals surface area contributed by atoms with Crippen LogP contribution in [0, 0.1) is 5.92 Å². The molecule has 0 amide bonds. The lowest BCUT2D eigenvalue weighted by Crippen LogP contribution is -2.46. The fraction of sp³-hybridized carbons (Fsp3) is 0.667. The standard InChI is InChI=1S/C18H32N2O/c1-15(2)11-12-21-17-9-7-16(8-10-17)13-19-14-18(3,4)20(5)6/h7-10,15,19H,11-14H2,1-6H3. The van der Waals surface area contributed by atoms with E-state index in [0.29, 0.717) is 5.92 Å². The van der Waals surface area contributed by atoms with Gasteiger partial charge in [-0.25, -0.2) is 0 Å². The van der Waals surface area contributed by atoms with E-state index in [0.717, 1.165) is 31.9 Å². The molecule has 1 rings (SSSR count). The highest BCUT2D eigenvalue weighted by Crippen LogP contribution is 2.14. The number of hydrogen-bond donors (Lipinski definition) is 1. The summed E-state index contributed by atoms with van der Waals surface area (Å²) in [6.45, 7) is 11.6. The Bertz CT molecular complexity index is 396. The number of rotatable bonds is 9. The summed E-state index contributed by atoms with van der Waals surface area (Å²) in [5, 5.41) is 3.52. The smallest absolute Gasteiger partial charge is 0.119 e. The molecule has 0 unspecified atom stereocenters. The normalized spacial score (nSPS) is 12.2. The predicted molar refractivity (Wildman–Crippen MR) is 90.9 cm³/mol. The highest BCUT2D eigenvalue weighted by atomic mass is 16.5. The molecule has 0 aliphatic carbocycles. The minimum atomic E-state index is 0.167. The minimum Gasteiger partial charge on any atom is -0.494 e. The Hall–Kier alpha value is -1.06. The Balaban J connectivity index is 2.34. The van der Waals surface area contributed by atoms with Crippen molar-refractivity contribution in [3.8, 4) is 5.75 Å². The lowest BCUT2D eigenvalue weighted by atomic mass is 10.0. The third-order valence-corrected chi connectivity index (χ3v) is 3.98. The topological polar surface area (TPSA) is 24.5 Å². The van der Waals surface area contributed by atoms with E-state index in [1.165, 1.54) is 5.56 Å². The monoisotopic (exact) mass is 292 g/mol. The van der Waals surface area contributed by atoms with E-state index in [1.807, 2.05) is 0 Å². The second-order valence-corrected chi connectivity index (χ2v) is 6.99. The molecule has 1 N–H and O–H groups in total. The van der Waals surface area contributed by atoms with Crippen molar-refractivity contribution in [3.63, 3.8) is 0 Å². The molecule has 1 aromatic rings. The van der Waals surface area contributed by atoms with E-state index in [4.69, 9.17) is 4.74 Å². The van der Waals surface area contributed by atoms with Crippen LogP contribution in [0.2, 0.25) is 0 Å². The molecule has 3 nitrogen and oxygen atoms in total. The molecular formula is C18H32N2O. The van der Waals surface area contributed by atoms with Crippen molar-refractivity contribution in [1.82, 2.24) is 10.2 Å². The Labute approximate surface area is 130 Å². The molecule has 0 spiro atoms. The van der Waals surface area contributed by atoms with Crippen molar-refractivity contribution in [2.45, 2.75) is 46.2 Å². The van der Waals surface area contributed by atoms with Crippen molar-refractivity contribution < 1.29 is 4.74 Å². The van der Waals surface area contributed by atoms with Crippen molar-refractivity contribution in [3.05, 3.63) is 29.8 Å². The summed E-state index contributed by atoms with van der Waals surface area (Å²) >= 11 is 0. The molecule has 0 saturated heterocycles. The maximum absolute atomic E-state index is 5.73. The Kier molecular flexibility index (Phi) is 7.20. The van der Waals surface area contributed by atoms with Crippen LogP contribution in [0.1, 0.15) is 39.7 Å². The highest BCUT2D eigenvalue weighted by Gasteiger charge is 2.19. The van der Waals surface area contributed by atoms with E-state index >= 15 is 0 Å². The molecule has 0 bridgehead atoms. The minimum absolute atomic E-state index is 0.167. The van der Waals surface area contributed by atoms with Gasteiger partial charge in [0, 0.05) is 18.6 Å². The van der Waals surface area contributed by atoms with Crippen LogP contribution in [0.4, 0.5) is 0 Å². The third-order valence-electron chi connectivity index (χ3n) is 3.98. The van der Waals surface area contributed by atoms with Gasteiger partial charge in [-0.2, -0.15) is 0 Å². The van der Waals surface area contributed by atoms with E-state index in [2.05, 4.69) is 76.3 Å². The number of likely N-dealkylation sites (N-methyl/N-ethyl adjacent to an activating group) is 1. The fourth-order valence-corrected chi connectivity index (χ4v) is 1.79. The van der Waals surface area contributed by atoms with E-state index in [1.54, 1.807) is 0 Å². The number of ether oxygens (including phenoxy) is 1. The molecule has 0 aromatic heterocycles. The molecule has 0 fully saturated rings. The largest absolute Gasteiger partial charge is 0.494 e. The maximum atomic E-state index is 5.73. The van der Waals surface area contributed by atoms with Crippen molar-refractivity contribution in [2.75, 3.05) is 27.2 Å². The molecule has 0 heterocycles. The van der Waals surface area contributed by atoms with Crippen molar-refractivity contribution in [1.29, 1.82) is 0 Å². The van der Waals surface area contributed by atoms with Crippen LogP contribution in [-0.2, 0) is 6.54 Å². The van der Waals surface area contributed by atoms with Gasteiger partial charge in [0.2, 0.25) is 0 Å². The average Bonchev–Trinajstić information content (AvgIpc) is 2.40. The molecule has 0 atom stereocenters. The summed E-state index contributed by atoms with van der Waals surface area (Å²) in [4.78, 5) is 2.24. The van der Waals surface area contributed by atoms with Crippen LogP contribution in [-0.4, -0.2) is 37.7 Å². The summed E-state index contributed by atoms with van der Waals surface area (Å²) in [6, 6.07) is 8.41. The van der Waals surface area contributed by atoms with Crippen LogP contribution in [0.5, 0.6) is 5.75 Å². The third kappa shape index (κ3) is 6.96. The molecule has 0 saturated carbocycles. The van der Waals surface area contributed by atoms with Gasteiger partial charge in [-0.3, -0.25) is 0 Å². The zero-order valence-electron chi connectivity index (χ0n) is 14.6. The van der Waals surface area contributed by atoms with Crippen LogP contribution in [0.25, 0.3) is 0 Å². The first-order valence-electron chi connectivity index (χ1n) is 7.91. The average molecular weight is 292 g/mol. The van der Waals surface area contributed by atoms with Gasteiger partial charge in [0.25, 0.3) is 0 Å². The zero-order chi connectivity index (χ0) is 15.9. The van der Waals surface area contributed by atoms with Gasteiger partial charge in [0.15, 0.2) is 0 Å². The lowest BCUT2D eigenvalue weighted by molar-refractivity contribution is 0.190. The van der Waals surface area contributed by atoms with Gasteiger partial charge in [0.1, 0.15) is 5.75 Å². The summed E-state index contributed by atoms with van der Waals surface area (Å²) in [6.07, 6.45) is 1.10. The molecule has 1 aromatic carbocycles. The summed E-state index contributed by atoms with van der Waals surface area (Å²) in [7, 11) is 4.23. The predicted octanol–water partition coefficient (Wildman–Crippen LogP) is 3.54. The van der Waals surface area contributed by atoms with Crippen LogP contribution >= 0.6 is 0 Å². The molecule has 120 valence electrons. The Morgan fingerprint density at radius 3 is 2.29 bits per heavy atom. The SMILES string of the molecule is CC(C)CCOc1ccc(CNCC(C)(C)N(C)C)cc1. The summed E-state index contributed by atoms with van der Waals surface area (Å²) in [5.41, 5.74) is 1.46. The molecular weight excluding hydrogens is 260 g/mol. The number of benzene rings is 1. The summed E-state index contributed by atoms with van der Waals surface area (Å²) in [5.74, 6) is 1.65. The van der Waals surface area contributed by atoms with Gasteiger partial charge in [-0.1, -0.05) is 26.0 Å². The second-order valence-electron chi connectivity index (χ2n) is 6.99. The van der Waals surface area contributed by atoms with Crippen LogP contribution in [0.15, 0.2) is 24.3 Å². The number of nitrogens with zero attached hydrogens (tertiary/aromatic N) is 1. The first-order valence-corrected chi connectivity index (χ1v) is 7.91. The van der Waals surface area contributed by atoms with Gasteiger partial charge in [-0.05, 0) is 58.0 Å². The van der Waals surface area contributed by atoms with Crippen molar-refractivity contribution >= 4 is 0 Å². The van der Waals surface area contributed by atoms with Crippen LogP contribution in [0.3, 0.4) is 0 Å². The van der Waals surface area contributed by atoms with Gasteiger partial charge in [-0.15, -0.1) is 0 Å². The number of hydrogen-bond acceptors (Lipinski definition) is 3. The Morgan fingerprint density at radius 2 is 1.76 bits per heavy atom. The zero-order valence-corrected chi connectivity index (χ0v) is 14.6. The first kappa shape index (κ1) is 18.0. The van der Waals surface area contributed by atoms with E-state index in [-0.39, 0.29) is 5.54 Å². The van der Waals surface area contributed by atoms with Crippen molar-refractivity contribution in [2.24, 2.45) is 5.92 Å². The lowest BCUT2D eigenvalue weighted by Gasteiger charge is -2.32. The molecule has 0 aliphatic rings. The van der Waals surface area contributed by atoms with Gasteiger partial charge < -0.3 is 15.0 Å². The second kappa shape index (κ2) is 8.40. The van der Waals surface area contributed by atoms with E-state index < -0.39 is 0 Å². The quantitative estimate of drug-likeness (QED) is 0.753. The maximum Gasteiger partial charge on any atom is 0.119 e. The highest BCUT2D eigenvalue weighted by molar-refractivity contribution is 5.27. The van der Waals surface area contributed by atoms with Gasteiger partial charge >= 0.3 is 0 Å². The summed E-state index contributed by atoms with van der Waals surface area (Å²) < 4.78 is 5.73. The molecule has 0 radical (unpaired) electrons. The first-order chi connectivity index (χ1) is 9.81. The fourth-order valence-electron chi connectivity index (χ4n) is 1.79. The molecule has 21 heavy (non-hydrogen) atoms.